The highest BCUT2D eigenvalue weighted by atomic mass is 16.5. The molecule has 1 aliphatic carbocycles. The second kappa shape index (κ2) is 5.00. The molecule has 1 heterocycles. The zero-order valence-electron chi connectivity index (χ0n) is 11.0. The first-order chi connectivity index (χ1) is 8.81. The lowest BCUT2D eigenvalue weighted by Crippen LogP contribution is -2.46. The Balaban J connectivity index is 1.95. The van der Waals surface area contributed by atoms with Crippen molar-refractivity contribution in [2.24, 2.45) is 5.73 Å². The molecular formula is C15H22N2O. The lowest BCUT2D eigenvalue weighted by atomic mass is 9.92. The number of ether oxygens (including phenoxy) is 1. The van der Waals surface area contributed by atoms with E-state index >= 15 is 0 Å². The molecule has 1 saturated carbocycles. The van der Waals surface area contributed by atoms with Crippen molar-refractivity contribution in [3.05, 3.63) is 35.4 Å². The van der Waals surface area contributed by atoms with Crippen LogP contribution >= 0.6 is 0 Å². The molecule has 3 heteroatoms. The number of nitrogens with zero attached hydrogens (tertiary/aromatic N) is 1. The first-order valence-electron chi connectivity index (χ1n) is 6.92. The van der Waals surface area contributed by atoms with Gasteiger partial charge in [-0.3, -0.25) is 4.90 Å². The maximum absolute atomic E-state index is 5.88. The zero-order valence-corrected chi connectivity index (χ0v) is 11.0. The van der Waals surface area contributed by atoms with Gasteiger partial charge in [-0.1, -0.05) is 24.3 Å². The predicted molar refractivity (Wildman–Crippen MR) is 72.6 cm³/mol. The zero-order chi connectivity index (χ0) is 12.5. The molecule has 0 amide bonds. The van der Waals surface area contributed by atoms with Crippen molar-refractivity contribution in [1.82, 2.24) is 4.90 Å². The molecule has 98 valence electrons. The smallest absolute Gasteiger partial charge is 0.0894 e. The summed E-state index contributed by atoms with van der Waals surface area (Å²) in [5, 5.41) is 0. The Kier molecular flexibility index (Phi) is 3.37. The minimum atomic E-state index is 0.128. The Morgan fingerprint density at radius 1 is 1.28 bits per heavy atom. The molecule has 18 heavy (non-hydrogen) atoms. The molecule has 0 aromatic heterocycles. The monoisotopic (exact) mass is 246 g/mol. The number of hydrogen-bond acceptors (Lipinski definition) is 3. The molecule has 1 aliphatic heterocycles. The molecule has 2 N–H and O–H groups in total. The van der Waals surface area contributed by atoms with Crippen LogP contribution in [0.2, 0.25) is 0 Å². The van der Waals surface area contributed by atoms with Gasteiger partial charge in [-0.05, 0) is 36.9 Å². The summed E-state index contributed by atoms with van der Waals surface area (Å²) >= 11 is 0. The van der Waals surface area contributed by atoms with Crippen LogP contribution in [0.1, 0.15) is 35.9 Å². The second-order valence-electron chi connectivity index (χ2n) is 5.47. The fourth-order valence-electron chi connectivity index (χ4n) is 3.04. The maximum Gasteiger partial charge on any atom is 0.0894 e. The summed E-state index contributed by atoms with van der Waals surface area (Å²) < 4.78 is 5.85. The molecule has 1 saturated heterocycles. The van der Waals surface area contributed by atoms with Crippen LogP contribution in [0, 0.1) is 0 Å². The summed E-state index contributed by atoms with van der Waals surface area (Å²) in [5.41, 5.74) is 8.82. The van der Waals surface area contributed by atoms with E-state index in [2.05, 4.69) is 36.2 Å². The first kappa shape index (κ1) is 12.2. The van der Waals surface area contributed by atoms with Gasteiger partial charge in [0.1, 0.15) is 0 Å². The number of rotatable bonds is 3. The van der Waals surface area contributed by atoms with E-state index < -0.39 is 0 Å². The van der Waals surface area contributed by atoms with Crippen LogP contribution in [0.5, 0.6) is 0 Å². The first-order valence-corrected chi connectivity index (χ1v) is 6.92. The van der Waals surface area contributed by atoms with Crippen LogP contribution < -0.4 is 5.73 Å². The van der Waals surface area contributed by atoms with Crippen molar-refractivity contribution in [3.8, 4) is 0 Å². The molecule has 2 unspecified atom stereocenters. The highest BCUT2D eigenvalue weighted by Crippen LogP contribution is 2.44. The van der Waals surface area contributed by atoms with Gasteiger partial charge in [0.25, 0.3) is 0 Å². The van der Waals surface area contributed by atoms with Crippen LogP contribution in [-0.2, 0) is 4.74 Å². The minimum absolute atomic E-state index is 0.128. The number of morpholine rings is 1. The van der Waals surface area contributed by atoms with Gasteiger partial charge in [-0.15, -0.1) is 0 Å². The maximum atomic E-state index is 5.88. The summed E-state index contributed by atoms with van der Waals surface area (Å²) in [4.78, 5) is 2.39. The van der Waals surface area contributed by atoms with E-state index in [1.54, 1.807) is 0 Å². The normalized spacial score (nSPS) is 29.4. The summed E-state index contributed by atoms with van der Waals surface area (Å²) in [6, 6.07) is 9.14. The fourth-order valence-corrected chi connectivity index (χ4v) is 3.04. The van der Waals surface area contributed by atoms with E-state index in [0.717, 1.165) is 19.1 Å². The molecule has 3 nitrogen and oxygen atoms in total. The van der Waals surface area contributed by atoms with Crippen molar-refractivity contribution in [1.29, 1.82) is 0 Å². The van der Waals surface area contributed by atoms with Crippen molar-refractivity contribution < 1.29 is 4.74 Å². The van der Waals surface area contributed by atoms with Gasteiger partial charge in [-0.25, -0.2) is 0 Å². The van der Waals surface area contributed by atoms with Crippen molar-refractivity contribution >= 4 is 0 Å². The number of hydrogen-bond donors (Lipinski definition) is 1. The summed E-state index contributed by atoms with van der Waals surface area (Å²) in [6.45, 7) is 2.37. The SMILES string of the molecule is CN1CCOC(CN)C1c1ccccc1C1CC1. The molecule has 2 atom stereocenters. The van der Waals surface area contributed by atoms with E-state index in [4.69, 9.17) is 10.5 Å². The largest absolute Gasteiger partial charge is 0.374 e. The lowest BCUT2D eigenvalue weighted by molar-refractivity contribution is -0.0579. The van der Waals surface area contributed by atoms with Crippen LogP contribution in [-0.4, -0.2) is 37.7 Å². The van der Waals surface area contributed by atoms with Crippen molar-refractivity contribution in [2.45, 2.75) is 30.9 Å². The van der Waals surface area contributed by atoms with Gasteiger partial charge in [0.15, 0.2) is 0 Å². The van der Waals surface area contributed by atoms with Gasteiger partial charge < -0.3 is 10.5 Å². The number of benzene rings is 1. The quantitative estimate of drug-likeness (QED) is 0.885. The van der Waals surface area contributed by atoms with E-state index in [0.29, 0.717) is 12.6 Å². The standard InChI is InChI=1S/C15H22N2O/c1-17-8-9-18-14(10-16)15(17)13-5-3-2-4-12(13)11-6-7-11/h2-5,11,14-15H,6-10,16H2,1H3. The van der Waals surface area contributed by atoms with Crippen LogP contribution in [0.4, 0.5) is 0 Å². The molecule has 0 spiro atoms. The van der Waals surface area contributed by atoms with Gasteiger partial charge in [0.05, 0.1) is 18.8 Å². The third-order valence-electron chi connectivity index (χ3n) is 4.17. The molecule has 1 aromatic rings. The van der Waals surface area contributed by atoms with E-state index in [1.165, 1.54) is 24.0 Å². The van der Waals surface area contributed by atoms with Crippen LogP contribution in [0.25, 0.3) is 0 Å². The highest BCUT2D eigenvalue weighted by molar-refractivity contribution is 5.36. The Morgan fingerprint density at radius 3 is 2.67 bits per heavy atom. The van der Waals surface area contributed by atoms with Crippen molar-refractivity contribution in [3.63, 3.8) is 0 Å². The molecule has 0 bridgehead atoms. The summed E-state index contributed by atoms with van der Waals surface area (Å²) in [7, 11) is 2.18. The molecule has 1 aromatic carbocycles. The predicted octanol–water partition coefficient (Wildman–Crippen LogP) is 1.89. The Labute approximate surface area is 109 Å². The molecule has 2 aliphatic rings. The summed E-state index contributed by atoms with van der Waals surface area (Å²) in [5.74, 6) is 0.773. The molecule has 0 radical (unpaired) electrons. The van der Waals surface area contributed by atoms with Crippen LogP contribution in [0.15, 0.2) is 24.3 Å². The van der Waals surface area contributed by atoms with Gasteiger partial charge in [-0.2, -0.15) is 0 Å². The topological polar surface area (TPSA) is 38.5 Å². The van der Waals surface area contributed by atoms with E-state index in [9.17, 15) is 0 Å². The Hall–Kier alpha value is -0.900. The van der Waals surface area contributed by atoms with Crippen LogP contribution in [0.3, 0.4) is 0 Å². The van der Waals surface area contributed by atoms with Gasteiger partial charge in [0.2, 0.25) is 0 Å². The third-order valence-corrected chi connectivity index (χ3v) is 4.17. The molecule has 3 rings (SSSR count). The second-order valence-corrected chi connectivity index (χ2v) is 5.47. The third kappa shape index (κ3) is 2.18. The Bertz CT molecular complexity index is 417. The molecule has 2 fully saturated rings. The fraction of sp³-hybridized carbons (Fsp3) is 0.600. The Morgan fingerprint density at radius 2 is 2.00 bits per heavy atom. The van der Waals surface area contributed by atoms with E-state index in [1.807, 2.05) is 0 Å². The van der Waals surface area contributed by atoms with Crippen molar-refractivity contribution in [2.75, 3.05) is 26.7 Å². The lowest BCUT2D eigenvalue weighted by Gasteiger charge is -2.39. The van der Waals surface area contributed by atoms with Gasteiger partial charge >= 0.3 is 0 Å². The number of likely N-dealkylation sites (N-methyl/N-ethyl adjacent to an activating group) is 1. The minimum Gasteiger partial charge on any atom is -0.374 e. The number of nitrogens with two attached hydrogens (primary N) is 1. The van der Waals surface area contributed by atoms with E-state index in [-0.39, 0.29) is 6.10 Å². The highest BCUT2D eigenvalue weighted by Gasteiger charge is 2.35. The molecular weight excluding hydrogens is 224 g/mol. The average Bonchev–Trinajstić information content (AvgIpc) is 3.23. The summed E-state index contributed by atoms with van der Waals surface area (Å²) in [6.07, 6.45) is 2.80. The van der Waals surface area contributed by atoms with Gasteiger partial charge in [0, 0.05) is 13.1 Å². The average molecular weight is 246 g/mol.